The molecule has 1 saturated heterocycles. The van der Waals surface area contributed by atoms with Gasteiger partial charge in [-0.1, -0.05) is 24.1 Å². The highest BCUT2D eigenvalue weighted by Gasteiger charge is 2.25. The topological polar surface area (TPSA) is 56.2 Å². The van der Waals surface area contributed by atoms with Crippen molar-refractivity contribution in [3.8, 4) is 18.0 Å². The van der Waals surface area contributed by atoms with Crippen molar-refractivity contribution in [2.24, 2.45) is 5.92 Å². The number of aromatic nitrogens is 2. The van der Waals surface area contributed by atoms with E-state index >= 15 is 0 Å². The Labute approximate surface area is 142 Å². The summed E-state index contributed by atoms with van der Waals surface area (Å²) in [6, 6.07) is 9.64. The number of carbonyl (C=O) groups excluding carboxylic acids is 1. The van der Waals surface area contributed by atoms with Gasteiger partial charge in [0.05, 0.1) is 24.5 Å². The standard InChI is InChI=1S/C19H21N3O2/c1-2-18(16-10-11-24-14-16)21-19(23)9-8-15-12-20-22(13-15)17-6-4-3-5-7-17/h1,3-7,12-13,16,18H,8-11,14H2,(H,21,23)/t16-,18+/m1/s1. The molecule has 24 heavy (non-hydrogen) atoms. The first-order chi connectivity index (χ1) is 11.8. The van der Waals surface area contributed by atoms with Crippen LogP contribution in [0, 0.1) is 18.3 Å². The second-order valence-corrected chi connectivity index (χ2v) is 5.96. The summed E-state index contributed by atoms with van der Waals surface area (Å²) in [5.74, 6) is 2.86. The number of rotatable bonds is 6. The van der Waals surface area contributed by atoms with E-state index < -0.39 is 0 Å². The van der Waals surface area contributed by atoms with Crippen LogP contribution in [0.3, 0.4) is 0 Å². The average molecular weight is 323 g/mol. The van der Waals surface area contributed by atoms with Gasteiger partial charge >= 0.3 is 0 Å². The minimum atomic E-state index is -0.243. The molecule has 1 fully saturated rings. The number of benzene rings is 1. The van der Waals surface area contributed by atoms with Crippen molar-refractivity contribution in [1.82, 2.24) is 15.1 Å². The first-order valence-corrected chi connectivity index (χ1v) is 8.18. The molecule has 124 valence electrons. The molecule has 1 aromatic heterocycles. The quantitative estimate of drug-likeness (QED) is 0.827. The van der Waals surface area contributed by atoms with Crippen LogP contribution < -0.4 is 5.32 Å². The van der Waals surface area contributed by atoms with Crippen LogP contribution in [0.25, 0.3) is 5.69 Å². The molecule has 2 heterocycles. The molecule has 5 heteroatoms. The number of terminal acetylenes is 1. The molecule has 1 aromatic carbocycles. The molecule has 0 radical (unpaired) electrons. The normalized spacial score (nSPS) is 18.0. The average Bonchev–Trinajstić information content (AvgIpc) is 3.30. The predicted molar refractivity (Wildman–Crippen MR) is 91.6 cm³/mol. The van der Waals surface area contributed by atoms with Crippen molar-refractivity contribution in [2.75, 3.05) is 13.2 Å². The van der Waals surface area contributed by atoms with E-state index in [0.29, 0.717) is 19.4 Å². The SMILES string of the molecule is C#C[C@H](NC(=O)CCc1cnn(-c2ccccc2)c1)[C@@H]1CCOC1. The molecule has 1 aliphatic heterocycles. The summed E-state index contributed by atoms with van der Waals surface area (Å²) < 4.78 is 7.15. The summed E-state index contributed by atoms with van der Waals surface area (Å²) in [5, 5.41) is 7.28. The number of hydrogen-bond donors (Lipinski definition) is 1. The number of carbonyl (C=O) groups is 1. The van der Waals surface area contributed by atoms with Gasteiger partial charge in [0.2, 0.25) is 5.91 Å². The number of amides is 1. The van der Waals surface area contributed by atoms with Crippen LogP contribution in [0.2, 0.25) is 0 Å². The molecule has 0 unspecified atom stereocenters. The van der Waals surface area contributed by atoms with Gasteiger partial charge in [-0.2, -0.15) is 5.10 Å². The lowest BCUT2D eigenvalue weighted by Gasteiger charge is -2.18. The monoisotopic (exact) mass is 323 g/mol. The lowest BCUT2D eigenvalue weighted by molar-refractivity contribution is -0.121. The van der Waals surface area contributed by atoms with Gasteiger partial charge in [0.1, 0.15) is 0 Å². The van der Waals surface area contributed by atoms with Crippen molar-refractivity contribution in [3.05, 3.63) is 48.3 Å². The molecular formula is C19H21N3O2. The molecule has 0 saturated carbocycles. The van der Waals surface area contributed by atoms with Crippen molar-refractivity contribution < 1.29 is 9.53 Å². The summed E-state index contributed by atoms with van der Waals surface area (Å²) in [6.07, 6.45) is 11.2. The Morgan fingerprint density at radius 3 is 3.00 bits per heavy atom. The maximum Gasteiger partial charge on any atom is 0.221 e. The summed E-state index contributed by atoms with van der Waals surface area (Å²) >= 11 is 0. The second kappa shape index (κ2) is 7.80. The molecule has 3 rings (SSSR count). The Kier molecular flexibility index (Phi) is 5.29. The van der Waals surface area contributed by atoms with Gasteiger partial charge < -0.3 is 10.1 Å². The van der Waals surface area contributed by atoms with E-state index in [1.807, 2.05) is 41.2 Å². The zero-order valence-corrected chi connectivity index (χ0v) is 13.5. The van der Waals surface area contributed by atoms with Gasteiger partial charge in [0.15, 0.2) is 0 Å². The Balaban J connectivity index is 1.51. The minimum Gasteiger partial charge on any atom is -0.381 e. The van der Waals surface area contributed by atoms with E-state index in [2.05, 4.69) is 16.3 Å². The summed E-state index contributed by atoms with van der Waals surface area (Å²) in [4.78, 5) is 12.1. The highest BCUT2D eigenvalue weighted by molar-refractivity contribution is 5.77. The van der Waals surface area contributed by atoms with Crippen LogP contribution in [-0.4, -0.2) is 34.9 Å². The van der Waals surface area contributed by atoms with Crippen LogP contribution in [0.15, 0.2) is 42.7 Å². The van der Waals surface area contributed by atoms with Crippen LogP contribution >= 0.6 is 0 Å². The number of para-hydroxylation sites is 1. The van der Waals surface area contributed by atoms with E-state index in [-0.39, 0.29) is 17.9 Å². The fourth-order valence-electron chi connectivity index (χ4n) is 2.83. The van der Waals surface area contributed by atoms with Crippen LogP contribution in [0.1, 0.15) is 18.4 Å². The fourth-order valence-corrected chi connectivity index (χ4v) is 2.83. The number of ether oxygens (including phenoxy) is 1. The van der Waals surface area contributed by atoms with Crippen LogP contribution in [0.4, 0.5) is 0 Å². The molecule has 1 N–H and O–H groups in total. The first kappa shape index (κ1) is 16.3. The highest BCUT2D eigenvalue weighted by Crippen LogP contribution is 2.16. The van der Waals surface area contributed by atoms with Crippen molar-refractivity contribution in [2.45, 2.75) is 25.3 Å². The Bertz CT molecular complexity index is 712. The summed E-state index contributed by atoms with van der Waals surface area (Å²) in [7, 11) is 0. The number of nitrogens with zero attached hydrogens (tertiary/aromatic N) is 2. The van der Waals surface area contributed by atoms with E-state index in [0.717, 1.165) is 24.3 Å². The Hall–Kier alpha value is -2.58. The van der Waals surface area contributed by atoms with Gasteiger partial charge in [-0.3, -0.25) is 4.79 Å². The highest BCUT2D eigenvalue weighted by atomic mass is 16.5. The lowest BCUT2D eigenvalue weighted by atomic mass is 9.99. The zero-order chi connectivity index (χ0) is 16.8. The van der Waals surface area contributed by atoms with Gasteiger partial charge in [-0.25, -0.2) is 4.68 Å². The van der Waals surface area contributed by atoms with Crippen molar-refractivity contribution >= 4 is 5.91 Å². The molecule has 1 aliphatic rings. The minimum absolute atomic E-state index is 0.0303. The zero-order valence-electron chi connectivity index (χ0n) is 13.5. The summed E-state index contributed by atoms with van der Waals surface area (Å²) in [6.45, 7) is 1.34. The van der Waals surface area contributed by atoms with Crippen molar-refractivity contribution in [1.29, 1.82) is 0 Å². The number of hydrogen-bond acceptors (Lipinski definition) is 3. The molecule has 2 atom stereocenters. The van der Waals surface area contributed by atoms with E-state index in [4.69, 9.17) is 11.2 Å². The third-order valence-electron chi connectivity index (χ3n) is 4.23. The molecule has 2 aromatic rings. The smallest absolute Gasteiger partial charge is 0.221 e. The van der Waals surface area contributed by atoms with E-state index in [9.17, 15) is 4.79 Å². The number of nitrogens with one attached hydrogen (secondary N) is 1. The van der Waals surface area contributed by atoms with Gasteiger partial charge in [-0.05, 0) is 30.5 Å². The third-order valence-corrected chi connectivity index (χ3v) is 4.23. The van der Waals surface area contributed by atoms with Crippen molar-refractivity contribution in [3.63, 3.8) is 0 Å². The first-order valence-electron chi connectivity index (χ1n) is 8.18. The Morgan fingerprint density at radius 1 is 1.46 bits per heavy atom. The predicted octanol–water partition coefficient (Wildman–Crippen LogP) is 1.96. The third kappa shape index (κ3) is 4.03. The molecule has 5 nitrogen and oxygen atoms in total. The molecule has 1 amide bonds. The summed E-state index contributed by atoms with van der Waals surface area (Å²) in [5.41, 5.74) is 2.03. The van der Waals surface area contributed by atoms with E-state index in [1.54, 1.807) is 6.20 Å². The molecule has 0 bridgehead atoms. The molecule has 0 aliphatic carbocycles. The Morgan fingerprint density at radius 2 is 2.29 bits per heavy atom. The van der Waals surface area contributed by atoms with Gasteiger partial charge in [-0.15, -0.1) is 6.42 Å². The van der Waals surface area contributed by atoms with Gasteiger partial charge in [0, 0.05) is 25.1 Å². The molecular weight excluding hydrogens is 302 g/mol. The largest absolute Gasteiger partial charge is 0.381 e. The van der Waals surface area contributed by atoms with Crippen LogP contribution in [-0.2, 0) is 16.0 Å². The fraction of sp³-hybridized carbons (Fsp3) is 0.368. The molecule has 0 spiro atoms. The number of aryl methyl sites for hydroxylation is 1. The van der Waals surface area contributed by atoms with Crippen LogP contribution in [0.5, 0.6) is 0 Å². The van der Waals surface area contributed by atoms with Gasteiger partial charge in [0.25, 0.3) is 0 Å². The maximum absolute atomic E-state index is 12.1. The van der Waals surface area contributed by atoms with E-state index in [1.165, 1.54) is 0 Å². The second-order valence-electron chi connectivity index (χ2n) is 5.96. The maximum atomic E-state index is 12.1. The lowest BCUT2D eigenvalue weighted by Crippen LogP contribution is -2.39.